The van der Waals surface area contributed by atoms with Crippen LogP contribution in [-0.4, -0.2) is 36.7 Å². The molecule has 0 saturated carbocycles. The predicted molar refractivity (Wildman–Crippen MR) is 131 cm³/mol. The van der Waals surface area contributed by atoms with Crippen LogP contribution in [0.2, 0.25) is 0 Å². The van der Waals surface area contributed by atoms with Crippen molar-refractivity contribution >= 4 is 23.5 Å². The van der Waals surface area contributed by atoms with Crippen LogP contribution in [0, 0.1) is 0 Å². The molecule has 1 aliphatic rings. The summed E-state index contributed by atoms with van der Waals surface area (Å²) in [6.45, 7) is 5.25. The van der Waals surface area contributed by atoms with E-state index in [4.69, 9.17) is 18.9 Å². The molecule has 0 radical (unpaired) electrons. The zero-order valence-electron chi connectivity index (χ0n) is 20.3. The molecule has 0 aliphatic heterocycles. The van der Waals surface area contributed by atoms with Crippen LogP contribution in [0.1, 0.15) is 60.2 Å². The average Bonchev–Trinajstić information content (AvgIpc) is 2.88. The molecule has 0 amide bonds. The van der Waals surface area contributed by atoms with E-state index < -0.39 is 35.0 Å². The molecule has 3 rings (SSSR count). The molecule has 0 atom stereocenters. The Balaban J connectivity index is 1.56. The van der Waals surface area contributed by atoms with Gasteiger partial charge in [-0.15, -0.1) is 0 Å². The van der Waals surface area contributed by atoms with Gasteiger partial charge in [0.2, 0.25) is 11.6 Å². The van der Waals surface area contributed by atoms with Crippen LogP contribution in [0.15, 0.2) is 72.2 Å². The maximum absolute atomic E-state index is 12.4. The molecule has 0 spiro atoms. The number of allylic oxidation sites excluding steroid dienone is 2. The van der Waals surface area contributed by atoms with Crippen LogP contribution in [0.5, 0.6) is 11.5 Å². The SMILES string of the molecule is CCCCOc1ccc(C(=O)OC2=CC(=O)C(OC(=O)c3ccc(OCCCC)cc3)=CC2=O)cc1. The van der Waals surface area contributed by atoms with Gasteiger partial charge < -0.3 is 18.9 Å². The van der Waals surface area contributed by atoms with Gasteiger partial charge in [0.25, 0.3) is 0 Å². The van der Waals surface area contributed by atoms with E-state index in [9.17, 15) is 19.2 Å². The molecule has 0 N–H and O–H groups in total. The summed E-state index contributed by atoms with van der Waals surface area (Å²) >= 11 is 0. The Bertz CT molecular complexity index is 1060. The number of ether oxygens (including phenoxy) is 4. The topological polar surface area (TPSA) is 105 Å². The Morgan fingerprint density at radius 3 is 1.31 bits per heavy atom. The fraction of sp³-hybridized carbons (Fsp3) is 0.286. The van der Waals surface area contributed by atoms with Crippen LogP contribution in [0.4, 0.5) is 0 Å². The highest BCUT2D eigenvalue weighted by molar-refractivity contribution is 6.19. The van der Waals surface area contributed by atoms with Gasteiger partial charge in [-0.25, -0.2) is 9.59 Å². The van der Waals surface area contributed by atoms with Crippen LogP contribution in [0.3, 0.4) is 0 Å². The molecule has 0 saturated heterocycles. The summed E-state index contributed by atoms with van der Waals surface area (Å²) in [5, 5.41) is 0. The first-order chi connectivity index (χ1) is 17.4. The lowest BCUT2D eigenvalue weighted by Crippen LogP contribution is -2.20. The highest BCUT2D eigenvalue weighted by Gasteiger charge is 2.27. The van der Waals surface area contributed by atoms with Crippen molar-refractivity contribution in [3.8, 4) is 11.5 Å². The van der Waals surface area contributed by atoms with E-state index in [1.165, 1.54) is 24.3 Å². The smallest absolute Gasteiger partial charge is 0.343 e. The van der Waals surface area contributed by atoms with Crippen LogP contribution in [0.25, 0.3) is 0 Å². The van der Waals surface area contributed by atoms with Gasteiger partial charge in [0.15, 0.2) is 11.5 Å². The quantitative estimate of drug-likeness (QED) is 0.232. The number of unbranched alkanes of at least 4 members (excludes halogenated alkanes) is 2. The number of carbonyl (C=O) groups is 4. The maximum Gasteiger partial charge on any atom is 0.343 e. The molecule has 0 unspecified atom stereocenters. The summed E-state index contributed by atoms with van der Waals surface area (Å²) in [4.78, 5) is 49.6. The van der Waals surface area contributed by atoms with Crippen molar-refractivity contribution in [3.05, 3.63) is 83.3 Å². The highest BCUT2D eigenvalue weighted by Crippen LogP contribution is 2.20. The second-order valence-electron chi connectivity index (χ2n) is 7.98. The van der Waals surface area contributed by atoms with Crippen LogP contribution in [-0.2, 0) is 19.1 Å². The monoisotopic (exact) mass is 492 g/mol. The van der Waals surface area contributed by atoms with Gasteiger partial charge in [0.05, 0.1) is 24.3 Å². The first-order valence-corrected chi connectivity index (χ1v) is 11.8. The molecule has 0 heterocycles. The van der Waals surface area contributed by atoms with E-state index >= 15 is 0 Å². The summed E-state index contributed by atoms with van der Waals surface area (Å²) in [7, 11) is 0. The third-order valence-corrected chi connectivity index (χ3v) is 5.13. The lowest BCUT2D eigenvalue weighted by Gasteiger charge is -2.13. The molecule has 2 aromatic carbocycles. The Labute approximate surface area is 209 Å². The molecule has 188 valence electrons. The van der Waals surface area contributed by atoms with E-state index in [0.29, 0.717) is 24.7 Å². The Morgan fingerprint density at radius 1 is 0.611 bits per heavy atom. The summed E-state index contributed by atoms with van der Waals surface area (Å²) in [6.07, 6.45) is 5.50. The van der Waals surface area contributed by atoms with Gasteiger partial charge in [0, 0.05) is 12.2 Å². The van der Waals surface area contributed by atoms with Crippen LogP contribution < -0.4 is 9.47 Å². The first-order valence-electron chi connectivity index (χ1n) is 11.8. The number of hydrogen-bond donors (Lipinski definition) is 0. The molecule has 0 bridgehead atoms. The zero-order chi connectivity index (χ0) is 25.9. The molecule has 8 heteroatoms. The van der Waals surface area contributed by atoms with Crippen LogP contribution >= 0.6 is 0 Å². The van der Waals surface area contributed by atoms with Crippen molar-refractivity contribution in [3.63, 3.8) is 0 Å². The van der Waals surface area contributed by atoms with Gasteiger partial charge in [-0.05, 0) is 61.4 Å². The van der Waals surface area contributed by atoms with E-state index in [1.807, 2.05) is 0 Å². The maximum atomic E-state index is 12.4. The Morgan fingerprint density at radius 2 is 0.972 bits per heavy atom. The summed E-state index contributed by atoms with van der Waals surface area (Å²) in [5.74, 6) is -2.86. The highest BCUT2D eigenvalue weighted by atomic mass is 16.5. The van der Waals surface area contributed by atoms with Crippen molar-refractivity contribution in [2.75, 3.05) is 13.2 Å². The van der Waals surface area contributed by atoms with Gasteiger partial charge in [-0.2, -0.15) is 0 Å². The van der Waals surface area contributed by atoms with Crippen molar-refractivity contribution in [2.45, 2.75) is 39.5 Å². The lowest BCUT2D eigenvalue weighted by atomic mass is 10.1. The molecule has 0 fully saturated rings. The van der Waals surface area contributed by atoms with Crippen molar-refractivity contribution in [2.24, 2.45) is 0 Å². The van der Waals surface area contributed by atoms with Gasteiger partial charge in [-0.1, -0.05) is 26.7 Å². The summed E-state index contributed by atoms with van der Waals surface area (Å²) in [5.41, 5.74) is 0.365. The Kier molecular flexibility index (Phi) is 9.56. The van der Waals surface area contributed by atoms with Crippen molar-refractivity contribution in [1.82, 2.24) is 0 Å². The van der Waals surface area contributed by atoms with Gasteiger partial charge in [0.1, 0.15) is 11.5 Å². The van der Waals surface area contributed by atoms with Crippen molar-refractivity contribution < 1.29 is 38.1 Å². The Hall–Kier alpha value is -4.20. The first kappa shape index (κ1) is 26.4. The van der Waals surface area contributed by atoms with Gasteiger partial charge in [-0.3, -0.25) is 9.59 Å². The number of ketones is 2. The third-order valence-electron chi connectivity index (χ3n) is 5.13. The summed E-state index contributed by atoms with van der Waals surface area (Å²) < 4.78 is 21.3. The molecule has 2 aromatic rings. The largest absolute Gasteiger partial charge is 0.494 e. The third kappa shape index (κ3) is 7.40. The van der Waals surface area contributed by atoms with E-state index in [0.717, 1.165) is 37.8 Å². The van der Waals surface area contributed by atoms with E-state index in [1.54, 1.807) is 24.3 Å². The predicted octanol–water partition coefficient (Wildman–Crippen LogP) is 4.98. The molecule has 36 heavy (non-hydrogen) atoms. The zero-order valence-corrected chi connectivity index (χ0v) is 20.3. The minimum Gasteiger partial charge on any atom is -0.494 e. The molecule has 1 aliphatic carbocycles. The number of benzene rings is 2. The standard InChI is InChI=1S/C28H28O8/c1-3-5-15-33-21-11-7-19(8-12-21)27(31)35-25-17-24(30)26(18-23(25)29)36-28(32)20-9-13-22(14-10-20)34-16-6-4-2/h7-14,17-18H,3-6,15-16H2,1-2H3. The number of carbonyl (C=O) groups excluding carboxylic acids is 4. The second kappa shape index (κ2) is 13.0. The number of rotatable bonds is 12. The molecule has 0 aromatic heterocycles. The minimum absolute atomic E-state index is 0.183. The fourth-order valence-corrected chi connectivity index (χ4v) is 3.04. The molecule has 8 nitrogen and oxygen atoms in total. The van der Waals surface area contributed by atoms with E-state index in [-0.39, 0.29) is 11.1 Å². The minimum atomic E-state index is -0.808. The van der Waals surface area contributed by atoms with Crippen molar-refractivity contribution in [1.29, 1.82) is 0 Å². The summed E-state index contributed by atoms with van der Waals surface area (Å²) in [6, 6.07) is 12.5. The number of esters is 2. The molecular formula is C28H28O8. The van der Waals surface area contributed by atoms with Gasteiger partial charge >= 0.3 is 11.9 Å². The normalized spacial score (nSPS) is 12.9. The lowest BCUT2D eigenvalue weighted by molar-refractivity contribution is -0.118. The fourth-order valence-electron chi connectivity index (χ4n) is 3.04. The average molecular weight is 493 g/mol. The van der Waals surface area contributed by atoms with E-state index in [2.05, 4.69) is 13.8 Å². The second-order valence-corrected chi connectivity index (χ2v) is 7.98. The molecular weight excluding hydrogens is 464 g/mol. The number of hydrogen-bond acceptors (Lipinski definition) is 8.